The maximum absolute atomic E-state index is 3.78. The normalized spacial score (nSPS) is 22.6. The van der Waals surface area contributed by atoms with Gasteiger partial charge in [0.15, 0.2) is 0 Å². The van der Waals surface area contributed by atoms with E-state index in [1.807, 2.05) is 0 Å². The molecular weight excluding hydrogens is 242 g/mol. The minimum Gasteiger partial charge on any atom is -0.310 e. The molecule has 0 aromatic heterocycles. The second-order valence-corrected chi connectivity index (χ2v) is 7.02. The molecule has 1 aliphatic carbocycles. The Balaban J connectivity index is 2.25. The molecular formula is C19H31N. The number of hydrogen-bond donors (Lipinski definition) is 1. The molecule has 20 heavy (non-hydrogen) atoms. The van der Waals surface area contributed by atoms with Gasteiger partial charge in [-0.25, -0.2) is 0 Å². The zero-order chi connectivity index (χ0) is 14.5. The van der Waals surface area contributed by atoms with Gasteiger partial charge in [0.2, 0.25) is 0 Å². The summed E-state index contributed by atoms with van der Waals surface area (Å²) < 4.78 is 0. The Hall–Kier alpha value is -0.820. The third-order valence-electron chi connectivity index (χ3n) is 4.41. The Morgan fingerprint density at radius 1 is 1.30 bits per heavy atom. The van der Waals surface area contributed by atoms with E-state index in [2.05, 4.69) is 51.2 Å². The van der Waals surface area contributed by atoms with E-state index in [1.54, 1.807) is 11.1 Å². The number of fused-ring (bicyclic) bond motifs is 1. The Morgan fingerprint density at radius 2 is 2.10 bits per heavy atom. The predicted octanol–water partition coefficient (Wildman–Crippen LogP) is 4.90. The largest absolute Gasteiger partial charge is 0.310 e. The maximum atomic E-state index is 3.78. The molecule has 2 unspecified atom stereocenters. The second kappa shape index (κ2) is 7.26. The van der Waals surface area contributed by atoms with Crippen LogP contribution >= 0.6 is 0 Å². The highest BCUT2D eigenvalue weighted by atomic mass is 14.9. The van der Waals surface area contributed by atoms with Crippen molar-refractivity contribution in [3.8, 4) is 0 Å². The SMILES string of the molecule is CCCNC1CC(C)CCc2ccc(CC(C)C)cc21. The van der Waals surface area contributed by atoms with Crippen LogP contribution in [0, 0.1) is 11.8 Å². The minimum absolute atomic E-state index is 0.564. The van der Waals surface area contributed by atoms with Crippen molar-refractivity contribution >= 4 is 0 Å². The van der Waals surface area contributed by atoms with Crippen molar-refractivity contribution in [2.24, 2.45) is 11.8 Å². The molecule has 0 radical (unpaired) electrons. The van der Waals surface area contributed by atoms with Gasteiger partial charge in [0.25, 0.3) is 0 Å². The highest BCUT2D eigenvalue weighted by Gasteiger charge is 2.22. The van der Waals surface area contributed by atoms with Crippen LogP contribution in [0.1, 0.15) is 69.7 Å². The minimum atomic E-state index is 0.564. The lowest BCUT2D eigenvalue weighted by Gasteiger charge is -2.22. The van der Waals surface area contributed by atoms with Gasteiger partial charge in [0.05, 0.1) is 0 Å². The molecule has 1 aromatic rings. The number of nitrogens with one attached hydrogen (secondary N) is 1. The molecule has 0 bridgehead atoms. The predicted molar refractivity (Wildman–Crippen MR) is 88.1 cm³/mol. The lowest BCUT2D eigenvalue weighted by Crippen LogP contribution is -2.23. The van der Waals surface area contributed by atoms with Gasteiger partial charge in [-0.05, 0) is 67.2 Å². The zero-order valence-electron chi connectivity index (χ0n) is 13.7. The number of hydrogen-bond acceptors (Lipinski definition) is 1. The summed E-state index contributed by atoms with van der Waals surface area (Å²) in [4.78, 5) is 0. The van der Waals surface area contributed by atoms with E-state index >= 15 is 0 Å². The van der Waals surface area contributed by atoms with Crippen molar-refractivity contribution in [2.75, 3.05) is 6.54 Å². The third-order valence-corrected chi connectivity index (χ3v) is 4.41. The van der Waals surface area contributed by atoms with Gasteiger partial charge in [-0.1, -0.05) is 45.9 Å². The van der Waals surface area contributed by atoms with Crippen molar-refractivity contribution in [3.05, 3.63) is 34.9 Å². The van der Waals surface area contributed by atoms with E-state index < -0.39 is 0 Å². The molecule has 1 nitrogen and oxygen atoms in total. The average molecular weight is 273 g/mol. The van der Waals surface area contributed by atoms with E-state index in [0.29, 0.717) is 6.04 Å². The molecule has 2 atom stereocenters. The summed E-state index contributed by atoms with van der Waals surface area (Å²) in [7, 11) is 0. The topological polar surface area (TPSA) is 12.0 Å². The molecule has 0 spiro atoms. The van der Waals surface area contributed by atoms with Gasteiger partial charge in [0, 0.05) is 6.04 Å². The molecule has 0 saturated heterocycles. The van der Waals surface area contributed by atoms with Crippen LogP contribution in [0.5, 0.6) is 0 Å². The van der Waals surface area contributed by atoms with Gasteiger partial charge < -0.3 is 5.32 Å². The first-order valence-corrected chi connectivity index (χ1v) is 8.45. The molecule has 1 aliphatic rings. The highest BCUT2D eigenvalue weighted by Crippen LogP contribution is 2.32. The summed E-state index contributed by atoms with van der Waals surface area (Å²) in [6.45, 7) is 10.4. The van der Waals surface area contributed by atoms with Crippen LogP contribution < -0.4 is 5.32 Å². The molecule has 0 heterocycles. The second-order valence-electron chi connectivity index (χ2n) is 7.02. The molecule has 1 aromatic carbocycles. The fraction of sp³-hybridized carbons (Fsp3) is 0.684. The van der Waals surface area contributed by atoms with Crippen LogP contribution in [-0.2, 0) is 12.8 Å². The first-order chi connectivity index (χ1) is 9.60. The fourth-order valence-electron chi connectivity index (χ4n) is 3.36. The summed E-state index contributed by atoms with van der Waals surface area (Å²) in [5.74, 6) is 1.56. The van der Waals surface area contributed by atoms with Gasteiger partial charge in [-0.3, -0.25) is 0 Å². The smallest absolute Gasteiger partial charge is 0.0325 e. The molecule has 1 N–H and O–H groups in total. The summed E-state index contributed by atoms with van der Waals surface area (Å²) >= 11 is 0. The Morgan fingerprint density at radius 3 is 2.80 bits per heavy atom. The first kappa shape index (κ1) is 15.6. The van der Waals surface area contributed by atoms with Gasteiger partial charge in [0.1, 0.15) is 0 Å². The summed E-state index contributed by atoms with van der Waals surface area (Å²) in [6, 6.07) is 7.80. The van der Waals surface area contributed by atoms with Crippen molar-refractivity contribution in [1.29, 1.82) is 0 Å². The monoisotopic (exact) mass is 273 g/mol. The number of aryl methyl sites for hydroxylation is 1. The van der Waals surface area contributed by atoms with Crippen LogP contribution in [-0.4, -0.2) is 6.54 Å². The van der Waals surface area contributed by atoms with Crippen molar-refractivity contribution in [3.63, 3.8) is 0 Å². The van der Waals surface area contributed by atoms with Crippen LogP contribution in [0.3, 0.4) is 0 Å². The van der Waals surface area contributed by atoms with Crippen LogP contribution in [0.2, 0.25) is 0 Å². The van der Waals surface area contributed by atoms with Gasteiger partial charge >= 0.3 is 0 Å². The molecule has 0 aliphatic heterocycles. The standard InChI is InChI=1S/C19H31N/c1-5-10-20-19-12-15(4)6-8-17-9-7-16(11-14(2)3)13-18(17)19/h7,9,13-15,19-20H,5-6,8,10-12H2,1-4H3. The lowest BCUT2D eigenvalue weighted by molar-refractivity contribution is 0.408. The number of rotatable bonds is 5. The van der Waals surface area contributed by atoms with E-state index in [1.165, 1.54) is 37.7 Å². The third kappa shape index (κ3) is 4.09. The molecule has 0 amide bonds. The van der Waals surface area contributed by atoms with E-state index in [0.717, 1.165) is 18.4 Å². The van der Waals surface area contributed by atoms with Gasteiger partial charge in [-0.2, -0.15) is 0 Å². The zero-order valence-corrected chi connectivity index (χ0v) is 13.7. The summed E-state index contributed by atoms with van der Waals surface area (Å²) in [5, 5.41) is 3.78. The fourth-order valence-corrected chi connectivity index (χ4v) is 3.36. The first-order valence-electron chi connectivity index (χ1n) is 8.45. The Bertz CT molecular complexity index is 422. The van der Waals surface area contributed by atoms with Crippen molar-refractivity contribution in [2.45, 2.75) is 65.8 Å². The molecule has 112 valence electrons. The average Bonchev–Trinajstić information content (AvgIpc) is 2.55. The Labute approximate surface area is 125 Å². The molecule has 0 fully saturated rings. The number of benzene rings is 1. The summed E-state index contributed by atoms with van der Waals surface area (Å²) in [5.41, 5.74) is 4.67. The molecule has 1 heteroatoms. The van der Waals surface area contributed by atoms with Crippen molar-refractivity contribution in [1.82, 2.24) is 5.32 Å². The molecule has 0 saturated carbocycles. The highest BCUT2D eigenvalue weighted by molar-refractivity contribution is 5.36. The summed E-state index contributed by atoms with van der Waals surface area (Å²) in [6.07, 6.45) is 6.29. The van der Waals surface area contributed by atoms with Crippen molar-refractivity contribution < 1.29 is 0 Å². The van der Waals surface area contributed by atoms with E-state index in [-0.39, 0.29) is 0 Å². The van der Waals surface area contributed by atoms with Crippen LogP contribution in [0.4, 0.5) is 0 Å². The quantitative estimate of drug-likeness (QED) is 0.753. The van der Waals surface area contributed by atoms with Crippen LogP contribution in [0.15, 0.2) is 18.2 Å². The lowest BCUT2D eigenvalue weighted by atomic mass is 9.93. The van der Waals surface area contributed by atoms with Gasteiger partial charge in [-0.15, -0.1) is 0 Å². The van der Waals surface area contributed by atoms with E-state index in [9.17, 15) is 0 Å². The van der Waals surface area contributed by atoms with E-state index in [4.69, 9.17) is 0 Å². The van der Waals surface area contributed by atoms with Crippen LogP contribution in [0.25, 0.3) is 0 Å². The molecule has 2 rings (SSSR count). The Kier molecular flexibility index (Phi) is 5.65. The maximum Gasteiger partial charge on any atom is 0.0325 e.